The molecule has 0 aliphatic carbocycles. The molecule has 0 spiro atoms. The fourth-order valence-electron chi connectivity index (χ4n) is 4.22. The highest BCUT2D eigenvalue weighted by Gasteiger charge is 2.40. The predicted molar refractivity (Wildman–Crippen MR) is 129 cm³/mol. The third-order valence-corrected chi connectivity index (χ3v) is 7.89. The Morgan fingerprint density at radius 3 is 2.47 bits per heavy atom. The van der Waals surface area contributed by atoms with E-state index in [9.17, 15) is 13.2 Å². The number of carbonyl (C=O) groups is 1. The van der Waals surface area contributed by atoms with Crippen molar-refractivity contribution in [3.8, 4) is 11.5 Å². The van der Waals surface area contributed by atoms with E-state index in [0.717, 1.165) is 22.3 Å². The summed E-state index contributed by atoms with van der Waals surface area (Å²) in [5.74, 6) is 0.234. The Hall–Kier alpha value is -3.36. The van der Waals surface area contributed by atoms with Crippen LogP contribution < -0.4 is 14.8 Å². The van der Waals surface area contributed by atoms with E-state index in [0.29, 0.717) is 12.3 Å². The topological polar surface area (TPSA) is 84.9 Å². The Morgan fingerprint density at radius 2 is 1.76 bits per heavy atom. The molecule has 1 aliphatic rings. The summed E-state index contributed by atoms with van der Waals surface area (Å²) < 4.78 is 39.6. The van der Waals surface area contributed by atoms with E-state index in [1.807, 2.05) is 55.5 Å². The van der Waals surface area contributed by atoms with Crippen LogP contribution in [-0.4, -0.2) is 38.9 Å². The van der Waals surface area contributed by atoms with E-state index < -0.39 is 16.1 Å². The number of nitrogens with one attached hydrogen (secondary N) is 1. The molecular formula is C26H28N2O5S. The summed E-state index contributed by atoms with van der Waals surface area (Å²) in [5, 5.41) is 2.93. The first-order chi connectivity index (χ1) is 16.3. The number of ether oxygens (including phenoxy) is 2. The number of sulfonamides is 1. The Morgan fingerprint density at radius 1 is 1.00 bits per heavy atom. The molecule has 0 radical (unpaired) electrons. The fourth-order valence-corrected chi connectivity index (χ4v) is 5.95. The largest absolute Gasteiger partial charge is 0.497 e. The molecule has 0 bridgehead atoms. The van der Waals surface area contributed by atoms with E-state index >= 15 is 0 Å². The Bertz CT molecular complexity index is 1310. The smallest absolute Gasteiger partial charge is 0.247 e. The number of methoxy groups -OCH3 is 2. The van der Waals surface area contributed by atoms with Gasteiger partial charge < -0.3 is 14.8 Å². The molecule has 0 saturated carbocycles. The van der Waals surface area contributed by atoms with Gasteiger partial charge in [-0.05, 0) is 42.2 Å². The second-order valence-electron chi connectivity index (χ2n) is 8.26. The van der Waals surface area contributed by atoms with Gasteiger partial charge in [0.1, 0.15) is 22.4 Å². The minimum Gasteiger partial charge on any atom is -0.497 e. The molecule has 1 atom stereocenters. The van der Waals surface area contributed by atoms with Gasteiger partial charge in [-0.3, -0.25) is 4.79 Å². The first kappa shape index (κ1) is 23.8. The minimum absolute atomic E-state index is 0.0368. The van der Waals surface area contributed by atoms with Gasteiger partial charge in [-0.2, -0.15) is 4.31 Å². The zero-order valence-electron chi connectivity index (χ0n) is 19.4. The number of aryl methyl sites for hydroxylation is 1. The van der Waals surface area contributed by atoms with Gasteiger partial charge >= 0.3 is 0 Å². The molecule has 0 saturated heterocycles. The summed E-state index contributed by atoms with van der Waals surface area (Å²) in [6.07, 6.45) is 0.279. The lowest BCUT2D eigenvalue weighted by Crippen LogP contribution is -2.52. The lowest BCUT2D eigenvalue weighted by molar-refractivity contribution is -0.125. The standard InChI is InChI=1S/C26H28N2O5S/c1-18-7-6-8-19(13-18)16-27-26(29)23-14-20-9-4-5-10-21(20)17-28(23)34(30,31)25-15-22(32-2)11-12-24(25)33-3/h4-13,15,23H,14,16-17H2,1-3H3,(H,27,29). The third kappa shape index (κ3) is 4.78. The maximum Gasteiger partial charge on any atom is 0.247 e. The highest BCUT2D eigenvalue weighted by Crippen LogP contribution is 2.35. The highest BCUT2D eigenvalue weighted by atomic mass is 32.2. The van der Waals surface area contributed by atoms with E-state index in [1.54, 1.807) is 12.1 Å². The van der Waals surface area contributed by atoms with Crippen molar-refractivity contribution >= 4 is 15.9 Å². The average molecular weight is 481 g/mol. The summed E-state index contributed by atoms with van der Waals surface area (Å²) >= 11 is 0. The van der Waals surface area contributed by atoms with Gasteiger partial charge in [-0.25, -0.2) is 8.42 Å². The van der Waals surface area contributed by atoms with Gasteiger partial charge in [0.25, 0.3) is 0 Å². The van der Waals surface area contributed by atoms with Crippen LogP contribution in [0.2, 0.25) is 0 Å². The van der Waals surface area contributed by atoms with Gasteiger partial charge in [-0.1, -0.05) is 54.1 Å². The quantitative estimate of drug-likeness (QED) is 0.560. The lowest BCUT2D eigenvalue weighted by atomic mass is 9.95. The summed E-state index contributed by atoms with van der Waals surface area (Å²) in [4.78, 5) is 13.3. The van der Waals surface area contributed by atoms with Crippen LogP contribution in [0.15, 0.2) is 71.6 Å². The normalized spacial score (nSPS) is 15.9. The van der Waals surface area contributed by atoms with Crippen molar-refractivity contribution in [2.24, 2.45) is 0 Å². The molecular weight excluding hydrogens is 452 g/mol. The molecule has 0 aromatic heterocycles. The molecule has 178 valence electrons. The molecule has 34 heavy (non-hydrogen) atoms. The van der Waals surface area contributed by atoms with Crippen molar-refractivity contribution in [2.45, 2.75) is 37.4 Å². The van der Waals surface area contributed by atoms with Gasteiger partial charge in [0, 0.05) is 19.2 Å². The third-order valence-electron chi connectivity index (χ3n) is 6.01. The minimum atomic E-state index is -4.10. The van der Waals surface area contributed by atoms with Crippen molar-refractivity contribution < 1.29 is 22.7 Å². The molecule has 3 aromatic carbocycles. The first-order valence-corrected chi connectivity index (χ1v) is 12.4. The number of hydrogen-bond acceptors (Lipinski definition) is 5. The Labute approximate surface area is 200 Å². The van der Waals surface area contributed by atoms with Gasteiger partial charge in [-0.15, -0.1) is 0 Å². The van der Waals surface area contributed by atoms with Crippen molar-refractivity contribution in [2.75, 3.05) is 14.2 Å². The second-order valence-corrected chi connectivity index (χ2v) is 10.1. The molecule has 1 N–H and O–H groups in total. The predicted octanol–water partition coefficient (Wildman–Crippen LogP) is 3.44. The highest BCUT2D eigenvalue weighted by molar-refractivity contribution is 7.89. The van der Waals surface area contributed by atoms with Crippen molar-refractivity contribution in [3.63, 3.8) is 0 Å². The summed E-state index contributed by atoms with van der Waals surface area (Å²) in [7, 11) is -1.21. The van der Waals surface area contributed by atoms with Gasteiger partial charge in [0.2, 0.25) is 15.9 Å². The summed E-state index contributed by atoms with van der Waals surface area (Å²) in [5.41, 5.74) is 3.87. The van der Waals surface area contributed by atoms with Gasteiger partial charge in [0.15, 0.2) is 0 Å². The van der Waals surface area contributed by atoms with Gasteiger partial charge in [0.05, 0.1) is 14.2 Å². The average Bonchev–Trinajstić information content (AvgIpc) is 2.86. The summed E-state index contributed by atoms with van der Waals surface area (Å²) in [6, 6.07) is 19.1. The van der Waals surface area contributed by atoms with E-state index in [4.69, 9.17) is 9.47 Å². The maximum atomic E-state index is 13.9. The van der Waals surface area contributed by atoms with E-state index in [2.05, 4.69) is 5.32 Å². The molecule has 0 fully saturated rings. The van der Waals surface area contributed by atoms with Crippen LogP contribution in [0.1, 0.15) is 22.3 Å². The molecule has 8 heteroatoms. The number of carbonyl (C=O) groups excluding carboxylic acids is 1. The number of rotatable bonds is 7. The Kier molecular flexibility index (Phi) is 6.90. The van der Waals surface area contributed by atoms with Crippen LogP contribution in [0.5, 0.6) is 11.5 Å². The number of nitrogens with zero attached hydrogens (tertiary/aromatic N) is 1. The zero-order chi connectivity index (χ0) is 24.3. The van der Waals surface area contributed by atoms with Crippen molar-refractivity contribution in [1.82, 2.24) is 9.62 Å². The first-order valence-electron chi connectivity index (χ1n) is 11.0. The number of amides is 1. The molecule has 1 aliphatic heterocycles. The van der Waals surface area contributed by atoms with Crippen LogP contribution in [0, 0.1) is 6.92 Å². The van der Waals surface area contributed by atoms with Crippen molar-refractivity contribution in [3.05, 3.63) is 89.0 Å². The van der Waals surface area contributed by atoms with Crippen LogP contribution in [0.25, 0.3) is 0 Å². The zero-order valence-corrected chi connectivity index (χ0v) is 20.3. The SMILES string of the molecule is COc1ccc(OC)c(S(=O)(=O)N2Cc3ccccc3CC2C(=O)NCc2cccc(C)c2)c1. The molecule has 4 rings (SSSR count). The monoisotopic (exact) mass is 480 g/mol. The molecule has 3 aromatic rings. The molecule has 1 unspecified atom stereocenters. The number of benzene rings is 3. The van der Waals surface area contributed by atoms with Crippen LogP contribution in [0.4, 0.5) is 0 Å². The number of hydrogen-bond donors (Lipinski definition) is 1. The number of fused-ring (bicyclic) bond motifs is 1. The fraction of sp³-hybridized carbons (Fsp3) is 0.269. The van der Waals surface area contributed by atoms with Crippen LogP contribution in [-0.2, 0) is 34.3 Å². The maximum absolute atomic E-state index is 13.9. The lowest BCUT2D eigenvalue weighted by Gasteiger charge is -2.35. The van der Waals surface area contributed by atoms with Crippen LogP contribution in [0.3, 0.4) is 0 Å². The van der Waals surface area contributed by atoms with Crippen LogP contribution >= 0.6 is 0 Å². The van der Waals surface area contributed by atoms with E-state index in [-0.39, 0.29) is 29.5 Å². The molecule has 7 nitrogen and oxygen atoms in total. The Balaban J connectivity index is 1.70. The molecule has 1 heterocycles. The second kappa shape index (κ2) is 9.87. The van der Waals surface area contributed by atoms with E-state index in [1.165, 1.54) is 24.6 Å². The molecule has 1 amide bonds. The van der Waals surface area contributed by atoms with Crippen molar-refractivity contribution in [1.29, 1.82) is 0 Å². The summed E-state index contributed by atoms with van der Waals surface area (Å²) in [6.45, 7) is 2.38.